The number of hydrazine groups is 1. The minimum atomic E-state index is -0.277. The van der Waals surface area contributed by atoms with Gasteiger partial charge in [-0.2, -0.15) is 5.10 Å². The van der Waals surface area contributed by atoms with Crippen LogP contribution in [0.1, 0.15) is 59.4 Å². The molecule has 3 aromatic rings. The standard InChI is InChI=1S/C26H25Cl2FN4O/c27-19-9-12-23(22(28)16-19)33-25-18(15-17-7-10-20(29)11-8-17)5-4-6-21(25)24(30-33)26(34)31-32-13-2-1-3-14-32/h7-12,15-16H,1-6,13-14H2,(H,31,34)/b18-15+. The number of aromatic nitrogens is 2. The van der Waals surface area contributed by atoms with Crippen molar-refractivity contribution in [3.05, 3.63) is 80.8 Å². The van der Waals surface area contributed by atoms with Crippen molar-refractivity contribution >= 4 is 40.8 Å². The first-order valence-corrected chi connectivity index (χ1v) is 12.3. The Bertz CT molecular complexity index is 1250. The molecule has 5 rings (SSSR count). The highest BCUT2D eigenvalue weighted by Gasteiger charge is 2.30. The van der Waals surface area contributed by atoms with E-state index in [1.54, 1.807) is 28.9 Å². The quantitative estimate of drug-likeness (QED) is 0.457. The summed E-state index contributed by atoms with van der Waals surface area (Å²) in [7, 11) is 0. The molecule has 2 aliphatic rings. The molecule has 34 heavy (non-hydrogen) atoms. The lowest BCUT2D eigenvalue weighted by Crippen LogP contribution is -2.45. The molecule has 0 saturated carbocycles. The number of rotatable bonds is 4. The van der Waals surface area contributed by atoms with E-state index in [1.807, 2.05) is 17.2 Å². The van der Waals surface area contributed by atoms with Crippen molar-refractivity contribution in [2.24, 2.45) is 0 Å². The lowest BCUT2D eigenvalue weighted by molar-refractivity contribution is 0.0743. The summed E-state index contributed by atoms with van der Waals surface area (Å²) < 4.78 is 15.2. The Morgan fingerprint density at radius 3 is 2.50 bits per heavy atom. The van der Waals surface area contributed by atoms with Gasteiger partial charge in [0, 0.05) is 23.7 Å². The molecule has 2 heterocycles. The molecule has 0 atom stereocenters. The molecule has 5 nitrogen and oxygen atoms in total. The molecule has 1 aliphatic carbocycles. The van der Waals surface area contributed by atoms with Crippen LogP contribution in [-0.4, -0.2) is 33.8 Å². The van der Waals surface area contributed by atoms with Crippen molar-refractivity contribution in [3.8, 4) is 5.69 Å². The number of carbonyl (C=O) groups excluding carboxylic acids is 1. The minimum Gasteiger partial charge on any atom is -0.283 e. The maximum Gasteiger partial charge on any atom is 0.286 e. The molecule has 1 amide bonds. The zero-order valence-corrected chi connectivity index (χ0v) is 20.2. The van der Waals surface area contributed by atoms with Crippen molar-refractivity contribution in [3.63, 3.8) is 0 Å². The second-order valence-electron chi connectivity index (χ2n) is 8.75. The number of carbonyl (C=O) groups is 1. The van der Waals surface area contributed by atoms with Crippen LogP contribution in [0.15, 0.2) is 42.5 Å². The van der Waals surface area contributed by atoms with Crippen LogP contribution in [0.25, 0.3) is 17.3 Å². The molecule has 1 aliphatic heterocycles. The molecule has 0 bridgehead atoms. The molecule has 1 saturated heterocycles. The summed E-state index contributed by atoms with van der Waals surface area (Å²) in [5.74, 6) is -0.480. The van der Waals surface area contributed by atoms with Crippen LogP contribution in [-0.2, 0) is 6.42 Å². The van der Waals surface area contributed by atoms with Gasteiger partial charge in [0.05, 0.1) is 16.4 Å². The van der Waals surface area contributed by atoms with E-state index in [1.165, 1.54) is 18.6 Å². The number of nitrogens with one attached hydrogen (secondary N) is 1. The number of amides is 1. The molecule has 2 aromatic carbocycles. The number of hydrogen-bond donors (Lipinski definition) is 1. The number of piperidine rings is 1. The number of nitrogens with zero attached hydrogens (tertiary/aromatic N) is 3. The van der Waals surface area contributed by atoms with Gasteiger partial charge in [0.1, 0.15) is 5.82 Å². The van der Waals surface area contributed by atoms with E-state index < -0.39 is 0 Å². The van der Waals surface area contributed by atoms with E-state index in [0.29, 0.717) is 21.4 Å². The first kappa shape index (κ1) is 23.1. The summed E-state index contributed by atoms with van der Waals surface area (Å²) in [6.45, 7) is 1.68. The van der Waals surface area contributed by atoms with Crippen molar-refractivity contribution in [1.29, 1.82) is 0 Å². The Hall–Kier alpha value is -2.67. The summed E-state index contributed by atoms with van der Waals surface area (Å²) in [4.78, 5) is 13.3. The van der Waals surface area contributed by atoms with Gasteiger partial charge in [-0.25, -0.2) is 14.1 Å². The third-order valence-corrected chi connectivity index (χ3v) is 6.88. The second kappa shape index (κ2) is 9.90. The van der Waals surface area contributed by atoms with Crippen molar-refractivity contribution in [2.75, 3.05) is 13.1 Å². The number of fused-ring (bicyclic) bond motifs is 1. The van der Waals surface area contributed by atoms with E-state index in [9.17, 15) is 9.18 Å². The third kappa shape index (κ3) is 4.76. The first-order chi connectivity index (χ1) is 16.5. The zero-order valence-electron chi connectivity index (χ0n) is 18.7. The fourth-order valence-corrected chi connectivity index (χ4v) is 5.19. The highest BCUT2D eigenvalue weighted by Crippen LogP contribution is 2.37. The monoisotopic (exact) mass is 498 g/mol. The number of allylic oxidation sites excluding steroid dienone is 1. The largest absolute Gasteiger partial charge is 0.286 e. The van der Waals surface area contributed by atoms with E-state index in [-0.39, 0.29) is 11.7 Å². The molecule has 1 aromatic heterocycles. The summed E-state index contributed by atoms with van der Waals surface area (Å²) >= 11 is 12.7. The topological polar surface area (TPSA) is 50.2 Å². The van der Waals surface area contributed by atoms with E-state index in [4.69, 9.17) is 28.3 Å². The summed E-state index contributed by atoms with van der Waals surface area (Å²) in [6, 6.07) is 11.6. The molecular formula is C26H25Cl2FN4O. The van der Waals surface area contributed by atoms with Gasteiger partial charge in [-0.3, -0.25) is 10.2 Å². The van der Waals surface area contributed by atoms with Gasteiger partial charge in [0.25, 0.3) is 5.91 Å². The SMILES string of the molecule is O=C(NN1CCCCC1)c1nn(-c2ccc(Cl)cc2Cl)c2c1CCC/C2=C\c1ccc(F)cc1. The molecule has 0 unspecified atom stereocenters. The van der Waals surface area contributed by atoms with Crippen molar-refractivity contribution in [2.45, 2.75) is 38.5 Å². The minimum absolute atomic E-state index is 0.204. The van der Waals surface area contributed by atoms with Crippen LogP contribution >= 0.6 is 23.2 Å². The predicted octanol–water partition coefficient (Wildman–Crippen LogP) is 6.33. The van der Waals surface area contributed by atoms with E-state index in [0.717, 1.165) is 67.6 Å². The number of halogens is 3. The van der Waals surface area contributed by atoms with Crippen LogP contribution in [0.2, 0.25) is 10.0 Å². The fourth-order valence-electron chi connectivity index (χ4n) is 4.70. The van der Waals surface area contributed by atoms with Gasteiger partial charge in [-0.1, -0.05) is 41.8 Å². The Kier molecular flexibility index (Phi) is 6.73. The Balaban J connectivity index is 1.61. The van der Waals surface area contributed by atoms with E-state index in [2.05, 4.69) is 5.43 Å². The average Bonchev–Trinajstić information content (AvgIpc) is 3.22. The molecule has 1 N–H and O–H groups in total. The summed E-state index contributed by atoms with van der Waals surface area (Å²) in [5, 5.41) is 7.73. The Labute approximate surface area is 208 Å². The molecule has 8 heteroatoms. The van der Waals surface area contributed by atoms with Crippen molar-refractivity contribution < 1.29 is 9.18 Å². The highest BCUT2D eigenvalue weighted by molar-refractivity contribution is 6.35. The predicted molar refractivity (Wildman–Crippen MR) is 134 cm³/mol. The van der Waals surface area contributed by atoms with Crippen LogP contribution in [0.3, 0.4) is 0 Å². The first-order valence-electron chi connectivity index (χ1n) is 11.6. The smallest absolute Gasteiger partial charge is 0.283 e. The summed E-state index contributed by atoms with van der Waals surface area (Å²) in [6.07, 6.45) is 7.80. The van der Waals surface area contributed by atoms with Gasteiger partial charge < -0.3 is 0 Å². The van der Waals surface area contributed by atoms with Crippen molar-refractivity contribution in [1.82, 2.24) is 20.2 Å². The summed E-state index contributed by atoms with van der Waals surface area (Å²) in [5.41, 5.74) is 7.81. The Morgan fingerprint density at radius 1 is 1.00 bits per heavy atom. The normalized spacial score (nSPS) is 17.6. The highest BCUT2D eigenvalue weighted by atomic mass is 35.5. The van der Waals surface area contributed by atoms with Crippen LogP contribution < -0.4 is 5.43 Å². The van der Waals surface area contributed by atoms with Gasteiger partial charge in [-0.05, 0) is 79.6 Å². The zero-order chi connectivity index (χ0) is 23.7. The molecule has 176 valence electrons. The fraction of sp³-hybridized carbons (Fsp3) is 0.308. The van der Waals surface area contributed by atoms with Gasteiger partial charge in [0.2, 0.25) is 0 Å². The molecule has 1 fully saturated rings. The molecule has 0 spiro atoms. The maximum absolute atomic E-state index is 13.4. The van der Waals surface area contributed by atoms with Crippen LogP contribution in [0, 0.1) is 5.82 Å². The van der Waals surface area contributed by atoms with Gasteiger partial charge >= 0.3 is 0 Å². The lowest BCUT2D eigenvalue weighted by Gasteiger charge is -2.26. The van der Waals surface area contributed by atoms with E-state index >= 15 is 0 Å². The maximum atomic E-state index is 13.4. The van der Waals surface area contributed by atoms with Crippen LogP contribution in [0.5, 0.6) is 0 Å². The number of benzene rings is 2. The third-order valence-electron chi connectivity index (χ3n) is 6.34. The van der Waals surface area contributed by atoms with Gasteiger partial charge in [-0.15, -0.1) is 0 Å². The van der Waals surface area contributed by atoms with Gasteiger partial charge in [0.15, 0.2) is 5.69 Å². The Morgan fingerprint density at radius 2 is 1.76 bits per heavy atom. The molecule has 0 radical (unpaired) electrons. The molecular weight excluding hydrogens is 474 g/mol. The van der Waals surface area contributed by atoms with Crippen LogP contribution in [0.4, 0.5) is 4.39 Å². The average molecular weight is 499 g/mol. The lowest BCUT2D eigenvalue weighted by atomic mass is 9.89. The second-order valence-corrected chi connectivity index (χ2v) is 9.59. The number of hydrogen-bond acceptors (Lipinski definition) is 3.